The number of amides is 1. The first-order valence-electron chi connectivity index (χ1n) is 5.93. The third-order valence-electron chi connectivity index (χ3n) is 2.54. The maximum Gasteiger partial charge on any atom is 0.412 e. The van der Waals surface area contributed by atoms with Crippen molar-refractivity contribution in [2.24, 2.45) is 0 Å². The van der Waals surface area contributed by atoms with Gasteiger partial charge in [-0.1, -0.05) is 30.3 Å². The lowest BCUT2D eigenvalue weighted by Crippen LogP contribution is -2.14. The van der Waals surface area contributed by atoms with Gasteiger partial charge in [0.2, 0.25) is 0 Å². The quantitative estimate of drug-likeness (QED) is 0.826. The van der Waals surface area contributed by atoms with E-state index in [1.165, 1.54) is 12.3 Å². The molecule has 2 N–H and O–H groups in total. The van der Waals surface area contributed by atoms with E-state index in [1.807, 2.05) is 30.3 Å². The van der Waals surface area contributed by atoms with Crippen LogP contribution in [0.15, 0.2) is 47.2 Å². The highest BCUT2D eigenvalue weighted by atomic mass is 79.9. The molecule has 0 atom stereocenters. The van der Waals surface area contributed by atoms with E-state index >= 15 is 0 Å². The number of hydrogen-bond donors (Lipinski definition) is 2. The highest BCUT2D eigenvalue weighted by molar-refractivity contribution is 9.10. The minimum absolute atomic E-state index is 0.0310. The summed E-state index contributed by atoms with van der Waals surface area (Å²) in [5.41, 5.74) is 1.05. The number of hydrogen-bond acceptors (Lipinski definition) is 4. The van der Waals surface area contributed by atoms with Gasteiger partial charge >= 0.3 is 12.1 Å². The zero-order chi connectivity index (χ0) is 15.2. The predicted octanol–water partition coefficient (Wildman–Crippen LogP) is 3.29. The molecule has 0 aliphatic carbocycles. The number of ether oxygens (including phenoxy) is 1. The van der Waals surface area contributed by atoms with Gasteiger partial charge in [0.05, 0.1) is 11.3 Å². The second-order valence-corrected chi connectivity index (χ2v) is 4.81. The van der Waals surface area contributed by atoms with Gasteiger partial charge in [0.15, 0.2) is 0 Å². The zero-order valence-corrected chi connectivity index (χ0v) is 12.3. The van der Waals surface area contributed by atoms with E-state index in [0.29, 0.717) is 4.60 Å². The second kappa shape index (κ2) is 6.85. The lowest BCUT2D eigenvalue weighted by molar-refractivity contribution is 0.0696. The fraction of sp³-hybridized carbons (Fsp3) is 0.0714. The minimum atomic E-state index is -1.13. The lowest BCUT2D eigenvalue weighted by Gasteiger charge is -2.08. The van der Waals surface area contributed by atoms with E-state index in [0.717, 1.165) is 5.56 Å². The predicted molar refractivity (Wildman–Crippen MR) is 79.1 cm³/mol. The number of carbonyl (C=O) groups is 2. The molecular weight excluding hydrogens is 340 g/mol. The first kappa shape index (κ1) is 15.0. The third kappa shape index (κ3) is 4.28. The maximum atomic E-state index is 11.7. The smallest absolute Gasteiger partial charge is 0.412 e. The molecule has 108 valence electrons. The Hall–Kier alpha value is -2.41. The second-order valence-electron chi connectivity index (χ2n) is 4.05. The van der Waals surface area contributed by atoms with E-state index in [-0.39, 0.29) is 17.9 Å². The van der Waals surface area contributed by atoms with Crippen LogP contribution in [0, 0.1) is 0 Å². The summed E-state index contributed by atoms with van der Waals surface area (Å²) in [5.74, 6) is -1.13. The topological polar surface area (TPSA) is 88.5 Å². The summed E-state index contributed by atoms with van der Waals surface area (Å²) in [6, 6.07) is 10.5. The van der Waals surface area contributed by atoms with Crippen LogP contribution in [0.3, 0.4) is 0 Å². The molecule has 1 aromatic heterocycles. The van der Waals surface area contributed by atoms with Crippen molar-refractivity contribution in [3.05, 3.63) is 58.3 Å². The highest BCUT2D eigenvalue weighted by Crippen LogP contribution is 2.21. The standard InChI is InChI=1S/C14H11BrN2O4/c15-12-11(6-10(7-16-12)13(18)19)17-14(20)21-8-9-4-2-1-3-5-9/h1-7H,8H2,(H,17,20)(H,18,19). The monoisotopic (exact) mass is 350 g/mol. The molecule has 1 amide bonds. The molecule has 0 radical (unpaired) electrons. The van der Waals surface area contributed by atoms with Crippen molar-refractivity contribution in [2.45, 2.75) is 6.61 Å². The largest absolute Gasteiger partial charge is 0.478 e. The fourth-order valence-electron chi connectivity index (χ4n) is 1.52. The van der Waals surface area contributed by atoms with Gasteiger partial charge in [0.1, 0.15) is 11.2 Å². The summed E-state index contributed by atoms with van der Waals surface area (Å²) >= 11 is 3.13. The van der Waals surface area contributed by atoms with Crippen LogP contribution < -0.4 is 5.32 Å². The normalized spacial score (nSPS) is 9.95. The Balaban J connectivity index is 1.99. The third-order valence-corrected chi connectivity index (χ3v) is 3.17. The van der Waals surface area contributed by atoms with Crippen molar-refractivity contribution in [3.63, 3.8) is 0 Å². The number of carboxylic acids is 1. The number of nitrogens with zero attached hydrogens (tertiary/aromatic N) is 1. The summed E-state index contributed by atoms with van der Waals surface area (Å²) < 4.78 is 5.36. The number of benzene rings is 1. The van der Waals surface area contributed by atoms with Crippen LogP contribution in [0.2, 0.25) is 0 Å². The summed E-state index contributed by atoms with van der Waals surface area (Å²) in [6.07, 6.45) is 0.497. The van der Waals surface area contributed by atoms with Crippen LogP contribution in [0.4, 0.5) is 10.5 Å². The minimum Gasteiger partial charge on any atom is -0.478 e. The molecule has 6 nitrogen and oxygen atoms in total. The molecule has 0 aliphatic heterocycles. The van der Waals surface area contributed by atoms with Crippen LogP contribution in [-0.4, -0.2) is 22.2 Å². The van der Waals surface area contributed by atoms with E-state index in [4.69, 9.17) is 9.84 Å². The van der Waals surface area contributed by atoms with Gasteiger partial charge in [-0.05, 0) is 27.6 Å². The van der Waals surface area contributed by atoms with E-state index < -0.39 is 12.1 Å². The van der Waals surface area contributed by atoms with E-state index in [1.54, 1.807) is 0 Å². The molecule has 0 saturated carbocycles. The van der Waals surface area contributed by atoms with Crippen LogP contribution in [0.1, 0.15) is 15.9 Å². The van der Waals surface area contributed by atoms with Crippen molar-refractivity contribution in [2.75, 3.05) is 5.32 Å². The van der Waals surface area contributed by atoms with Crippen molar-refractivity contribution in [1.82, 2.24) is 4.98 Å². The summed E-state index contributed by atoms with van der Waals surface area (Å²) in [7, 11) is 0. The maximum absolute atomic E-state index is 11.7. The van der Waals surface area contributed by atoms with Gasteiger partial charge in [-0.2, -0.15) is 0 Å². The number of aromatic nitrogens is 1. The first-order chi connectivity index (χ1) is 10.1. The van der Waals surface area contributed by atoms with Gasteiger partial charge in [0, 0.05) is 6.20 Å². The number of carboxylic acid groups (broad SMARTS) is 1. The number of halogens is 1. The molecule has 0 fully saturated rings. The Morgan fingerprint density at radius 1 is 1.29 bits per heavy atom. The van der Waals surface area contributed by atoms with Crippen molar-refractivity contribution in [3.8, 4) is 0 Å². The van der Waals surface area contributed by atoms with Gasteiger partial charge in [-0.25, -0.2) is 14.6 Å². The van der Waals surface area contributed by atoms with Crippen molar-refractivity contribution in [1.29, 1.82) is 0 Å². The molecular formula is C14H11BrN2O4. The molecule has 1 aromatic carbocycles. The van der Waals surface area contributed by atoms with Crippen LogP contribution in [-0.2, 0) is 11.3 Å². The molecule has 0 unspecified atom stereocenters. The number of carbonyl (C=O) groups excluding carboxylic acids is 1. The Labute approximate surface area is 128 Å². The SMILES string of the molecule is O=C(Nc1cc(C(=O)O)cnc1Br)OCc1ccccc1. The average Bonchev–Trinajstić information content (AvgIpc) is 2.48. The van der Waals surface area contributed by atoms with Crippen LogP contribution in [0.5, 0.6) is 0 Å². The summed E-state index contributed by atoms with van der Waals surface area (Å²) in [6.45, 7) is 0.121. The molecule has 1 heterocycles. The first-order valence-corrected chi connectivity index (χ1v) is 6.72. The van der Waals surface area contributed by atoms with Crippen molar-refractivity contribution < 1.29 is 19.4 Å². The van der Waals surface area contributed by atoms with Crippen LogP contribution >= 0.6 is 15.9 Å². The Bertz CT molecular complexity index is 661. The lowest BCUT2D eigenvalue weighted by atomic mass is 10.2. The van der Waals surface area contributed by atoms with E-state index in [2.05, 4.69) is 26.2 Å². The van der Waals surface area contributed by atoms with Crippen LogP contribution in [0.25, 0.3) is 0 Å². The number of rotatable bonds is 4. The molecule has 2 aromatic rings. The van der Waals surface area contributed by atoms with Crippen molar-refractivity contribution >= 4 is 33.7 Å². The molecule has 0 saturated heterocycles. The number of nitrogens with one attached hydrogen (secondary N) is 1. The van der Waals surface area contributed by atoms with E-state index in [9.17, 15) is 9.59 Å². The number of aromatic carboxylic acids is 1. The fourth-order valence-corrected chi connectivity index (χ4v) is 1.84. The summed E-state index contributed by atoms with van der Waals surface area (Å²) in [5, 5.41) is 11.3. The number of pyridine rings is 1. The molecule has 0 spiro atoms. The molecule has 0 aliphatic rings. The summed E-state index contributed by atoms with van der Waals surface area (Å²) in [4.78, 5) is 26.4. The molecule has 21 heavy (non-hydrogen) atoms. The molecule has 0 bridgehead atoms. The number of anilines is 1. The molecule has 7 heteroatoms. The van der Waals surface area contributed by atoms with Gasteiger partial charge in [-0.3, -0.25) is 5.32 Å². The zero-order valence-electron chi connectivity index (χ0n) is 10.7. The van der Waals surface area contributed by atoms with Gasteiger partial charge in [0.25, 0.3) is 0 Å². The Morgan fingerprint density at radius 3 is 2.67 bits per heavy atom. The Morgan fingerprint density at radius 2 is 2.00 bits per heavy atom. The highest BCUT2D eigenvalue weighted by Gasteiger charge is 2.11. The molecule has 2 rings (SSSR count). The van der Waals surface area contributed by atoms with Gasteiger partial charge in [-0.15, -0.1) is 0 Å². The Kier molecular flexibility index (Phi) is 4.89. The average molecular weight is 351 g/mol. The van der Waals surface area contributed by atoms with Gasteiger partial charge < -0.3 is 9.84 Å².